The van der Waals surface area contributed by atoms with Crippen molar-refractivity contribution < 1.29 is 4.74 Å². The van der Waals surface area contributed by atoms with Gasteiger partial charge in [0.2, 0.25) is 0 Å². The lowest BCUT2D eigenvalue weighted by atomic mass is 9.89. The monoisotopic (exact) mass is 181 g/mol. The summed E-state index contributed by atoms with van der Waals surface area (Å²) in [5.41, 5.74) is 0. The molecule has 0 amide bonds. The highest BCUT2D eigenvalue weighted by Gasteiger charge is 2.27. The Kier molecular flexibility index (Phi) is 4.88. The summed E-state index contributed by atoms with van der Waals surface area (Å²) in [4.78, 5) is 0. The van der Waals surface area contributed by atoms with Crippen molar-refractivity contribution in [2.75, 3.05) is 13.7 Å². The smallest absolute Gasteiger partial charge is 0.0601 e. The van der Waals surface area contributed by atoms with E-state index < -0.39 is 0 Å². The van der Waals surface area contributed by atoms with Crippen molar-refractivity contribution in [1.82, 2.24) is 5.32 Å². The van der Waals surface area contributed by atoms with Gasteiger partial charge in [0.15, 0.2) is 0 Å². The van der Waals surface area contributed by atoms with Gasteiger partial charge >= 0.3 is 0 Å². The van der Waals surface area contributed by atoms with Gasteiger partial charge in [0.25, 0.3) is 0 Å². The van der Waals surface area contributed by atoms with Crippen molar-refractivity contribution in [3.8, 4) is 12.3 Å². The first-order valence-corrected chi connectivity index (χ1v) is 5.06. The summed E-state index contributed by atoms with van der Waals surface area (Å²) in [6.07, 6.45) is 11.3. The van der Waals surface area contributed by atoms with E-state index in [0.29, 0.717) is 12.1 Å². The molecule has 2 nitrogen and oxygen atoms in total. The molecule has 0 radical (unpaired) electrons. The lowest BCUT2D eigenvalue weighted by molar-refractivity contribution is 0.0175. The van der Waals surface area contributed by atoms with E-state index in [2.05, 4.69) is 11.2 Å². The van der Waals surface area contributed by atoms with Gasteiger partial charge in [-0.15, -0.1) is 12.3 Å². The second-order valence-electron chi connectivity index (χ2n) is 3.64. The van der Waals surface area contributed by atoms with E-state index in [1.54, 1.807) is 7.11 Å². The third kappa shape index (κ3) is 3.80. The first-order chi connectivity index (χ1) is 6.36. The molecule has 0 bridgehead atoms. The Bertz CT molecular complexity index is 167. The van der Waals surface area contributed by atoms with Crippen LogP contribution in [0.4, 0.5) is 0 Å². The third-order valence-electron chi connectivity index (χ3n) is 2.61. The molecule has 74 valence electrons. The molecule has 0 aliphatic heterocycles. The van der Waals surface area contributed by atoms with Crippen LogP contribution < -0.4 is 5.32 Å². The summed E-state index contributed by atoms with van der Waals surface area (Å²) >= 11 is 0. The van der Waals surface area contributed by atoms with E-state index in [4.69, 9.17) is 11.2 Å². The van der Waals surface area contributed by atoms with Gasteiger partial charge in [0.1, 0.15) is 0 Å². The van der Waals surface area contributed by atoms with Crippen LogP contribution in [0.3, 0.4) is 0 Å². The van der Waals surface area contributed by atoms with Crippen molar-refractivity contribution in [3.05, 3.63) is 0 Å². The van der Waals surface area contributed by atoms with Gasteiger partial charge in [-0.1, -0.05) is 0 Å². The van der Waals surface area contributed by atoms with Crippen molar-refractivity contribution in [2.24, 2.45) is 0 Å². The highest BCUT2D eigenvalue weighted by atomic mass is 16.5. The van der Waals surface area contributed by atoms with Crippen LogP contribution >= 0.6 is 0 Å². The molecule has 2 heteroatoms. The molecule has 0 spiro atoms. The zero-order valence-electron chi connectivity index (χ0n) is 8.38. The van der Waals surface area contributed by atoms with Crippen LogP contribution in [0, 0.1) is 12.3 Å². The van der Waals surface area contributed by atoms with Crippen LogP contribution in [0.1, 0.15) is 32.1 Å². The second kappa shape index (κ2) is 6.01. The van der Waals surface area contributed by atoms with Crippen LogP contribution in [0.15, 0.2) is 0 Å². The van der Waals surface area contributed by atoms with E-state index >= 15 is 0 Å². The molecule has 1 saturated carbocycles. The first-order valence-electron chi connectivity index (χ1n) is 5.06. The molecule has 0 aromatic heterocycles. The van der Waals surface area contributed by atoms with E-state index in [1.165, 1.54) is 19.3 Å². The average molecular weight is 181 g/mol. The molecular formula is C11H19NO. The van der Waals surface area contributed by atoms with Gasteiger partial charge in [0.05, 0.1) is 6.10 Å². The number of hydrogen-bond acceptors (Lipinski definition) is 2. The Balaban J connectivity index is 1.83. The predicted octanol–water partition coefficient (Wildman–Crippen LogP) is 1.56. The molecule has 0 atom stereocenters. The Hall–Kier alpha value is -0.520. The van der Waals surface area contributed by atoms with Crippen molar-refractivity contribution >= 4 is 0 Å². The molecule has 0 unspecified atom stereocenters. The maximum Gasteiger partial charge on any atom is 0.0601 e. The number of ether oxygens (including phenoxy) is 1. The summed E-state index contributed by atoms with van der Waals surface area (Å²) in [5, 5.41) is 3.49. The van der Waals surface area contributed by atoms with Gasteiger partial charge in [-0.05, 0) is 32.2 Å². The summed E-state index contributed by atoms with van der Waals surface area (Å²) < 4.78 is 5.19. The van der Waals surface area contributed by atoms with Crippen molar-refractivity contribution in [1.29, 1.82) is 0 Å². The fourth-order valence-electron chi connectivity index (χ4n) is 1.58. The highest BCUT2D eigenvalue weighted by molar-refractivity contribution is 4.86. The van der Waals surface area contributed by atoms with E-state index in [1.807, 2.05) is 0 Å². The van der Waals surface area contributed by atoms with Gasteiger partial charge in [-0.3, -0.25) is 0 Å². The lowest BCUT2D eigenvalue weighted by Crippen LogP contribution is -2.45. The molecular weight excluding hydrogens is 162 g/mol. The highest BCUT2D eigenvalue weighted by Crippen LogP contribution is 2.22. The largest absolute Gasteiger partial charge is 0.381 e. The minimum absolute atomic E-state index is 0.503. The van der Waals surface area contributed by atoms with Crippen LogP contribution in [0.5, 0.6) is 0 Å². The molecule has 0 aromatic carbocycles. The number of terminal acetylenes is 1. The number of unbranched alkanes of at least 4 members (excludes halogenated alkanes) is 2. The normalized spacial score (nSPS) is 26.5. The molecule has 1 aliphatic rings. The Morgan fingerprint density at radius 2 is 2.23 bits per heavy atom. The molecule has 1 fully saturated rings. The van der Waals surface area contributed by atoms with Gasteiger partial charge < -0.3 is 10.1 Å². The van der Waals surface area contributed by atoms with Crippen LogP contribution in [0.25, 0.3) is 0 Å². The molecule has 13 heavy (non-hydrogen) atoms. The van der Waals surface area contributed by atoms with Crippen LogP contribution in [0.2, 0.25) is 0 Å². The Morgan fingerprint density at radius 1 is 1.46 bits per heavy atom. The van der Waals surface area contributed by atoms with Gasteiger partial charge in [-0.2, -0.15) is 0 Å². The number of hydrogen-bond donors (Lipinski definition) is 1. The van der Waals surface area contributed by atoms with Crippen LogP contribution in [-0.4, -0.2) is 25.8 Å². The third-order valence-corrected chi connectivity index (χ3v) is 2.61. The minimum Gasteiger partial charge on any atom is -0.381 e. The fourth-order valence-corrected chi connectivity index (χ4v) is 1.58. The predicted molar refractivity (Wildman–Crippen MR) is 54.5 cm³/mol. The van der Waals surface area contributed by atoms with Gasteiger partial charge in [0, 0.05) is 19.6 Å². The summed E-state index contributed by atoms with van der Waals surface area (Å²) in [7, 11) is 1.79. The maximum absolute atomic E-state index is 5.19. The molecule has 0 saturated heterocycles. The Morgan fingerprint density at radius 3 is 2.85 bits per heavy atom. The zero-order chi connectivity index (χ0) is 9.52. The standard InChI is InChI=1S/C11H19NO/c1-3-4-5-6-7-12-10-8-11(9-10)13-2/h1,10-12H,4-9H2,2H3. The molecule has 0 aromatic rings. The molecule has 1 aliphatic carbocycles. The minimum atomic E-state index is 0.503. The molecule has 1 rings (SSSR count). The summed E-state index contributed by atoms with van der Waals surface area (Å²) in [6, 6.07) is 0.691. The average Bonchev–Trinajstić information content (AvgIpc) is 2.08. The quantitative estimate of drug-likeness (QED) is 0.496. The van der Waals surface area contributed by atoms with Crippen molar-refractivity contribution in [3.63, 3.8) is 0 Å². The summed E-state index contributed by atoms with van der Waals surface area (Å²) in [6.45, 7) is 1.10. The first kappa shape index (κ1) is 10.6. The SMILES string of the molecule is C#CCCCCNC1CC(OC)C1. The van der Waals surface area contributed by atoms with E-state index in [-0.39, 0.29) is 0 Å². The van der Waals surface area contributed by atoms with E-state index in [9.17, 15) is 0 Å². The number of nitrogens with one attached hydrogen (secondary N) is 1. The molecule has 0 heterocycles. The summed E-state index contributed by atoms with van der Waals surface area (Å²) in [5.74, 6) is 2.65. The second-order valence-corrected chi connectivity index (χ2v) is 3.64. The fraction of sp³-hybridized carbons (Fsp3) is 0.818. The number of methoxy groups -OCH3 is 1. The number of rotatable bonds is 6. The molecule has 1 N–H and O–H groups in total. The maximum atomic E-state index is 5.19. The zero-order valence-corrected chi connectivity index (χ0v) is 8.38. The van der Waals surface area contributed by atoms with Crippen LogP contribution in [-0.2, 0) is 4.74 Å². The van der Waals surface area contributed by atoms with Crippen molar-refractivity contribution in [2.45, 2.75) is 44.2 Å². The van der Waals surface area contributed by atoms with Gasteiger partial charge in [-0.25, -0.2) is 0 Å². The topological polar surface area (TPSA) is 21.3 Å². The van der Waals surface area contributed by atoms with E-state index in [0.717, 1.165) is 19.4 Å². The Labute approximate surface area is 81.0 Å². The lowest BCUT2D eigenvalue weighted by Gasteiger charge is -2.34.